The van der Waals surface area contributed by atoms with Gasteiger partial charge in [-0.05, 0) is 105 Å². The molecular weight excluding hydrogens is 827 g/mol. The number of nitrogens with zero attached hydrogens (tertiary/aromatic N) is 3. The van der Waals surface area contributed by atoms with Gasteiger partial charge in [0.2, 0.25) is 0 Å². The number of hydrogen-bond acceptors (Lipinski definition) is 4. The molecule has 9 aromatic rings. The Morgan fingerprint density at radius 2 is 1.32 bits per heavy atom. The van der Waals surface area contributed by atoms with Gasteiger partial charge in [-0.1, -0.05) is 182 Å². The topological polar surface area (TPSA) is 44.6 Å². The van der Waals surface area contributed by atoms with Gasteiger partial charge < -0.3 is 14.8 Å². The van der Waals surface area contributed by atoms with Crippen LogP contribution in [0.5, 0.6) is 0 Å². The van der Waals surface area contributed by atoms with E-state index in [9.17, 15) is 0 Å². The molecule has 5 nitrogen and oxygen atoms in total. The SMILES string of the molecule is C1=CC2=CC(C3NC(c4cccc(-c5ccccc5)c4)=NC(c4ccccc4)N3)CCC2C(N2c3cc4ccccc4cc3C3C=CC(n4c5ccccc5c5c6ccccc6ccc54)CC32)=C1. The lowest BCUT2D eigenvalue weighted by molar-refractivity contribution is 0.295. The molecule has 0 spiro atoms. The Balaban J connectivity index is 0.822. The second kappa shape index (κ2) is 16.0. The maximum atomic E-state index is 5.34. The van der Waals surface area contributed by atoms with Crippen molar-refractivity contribution >= 4 is 54.9 Å². The summed E-state index contributed by atoms with van der Waals surface area (Å²) in [7, 11) is 0. The number of rotatable bonds is 6. The molecule has 0 radical (unpaired) electrons. The second-order valence-corrected chi connectivity index (χ2v) is 19.4. The van der Waals surface area contributed by atoms with Crippen LogP contribution < -0.4 is 15.5 Å². The Bertz CT molecular complexity index is 3610. The maximum absolute atomic E-state index is 5.34. The number of fused-ring (bicyclic) bond motifs is 10. The number of aromatic nitrogens is 1. The highest BCUT2D eigenvalue weighted by Crippen LogP contribution is 2.54. The zero-order valence-corrected chi connectivity index (χ0v) is 37.8. The summed E-state index contributed by atoms with van der Waals surface area (Å²) in [6, 6.07) is 67.1. The minimum absolute atomic E-state index is 0.000118. The van der Waals surface area contributed by atoms with Crippen molar-refractivity contribution in [1.82, 2.24) is 15.2 Å². The van der Waals surface area contributed by atoms with Crippen molar-refractivity contribution in [3.05, 3.63) is 246 Å². The lowest BCUT2D eigenvalue weighted by Crippen LogP contribution is -2.55. The van der Waals surface area contributed by atoms with Crippen LogP contribution in [-0.2, 0) is 0 Å². The van der Waals surface area contributed by atoms with Crippen molar-refractivity contribution in [2.45, 2.75) is 49.6 Å². The zero-order valence-electron chi connectivity index (χ0n) is 37.8. The quantitative estimate of drug-likeness (QED) is 0.164. The third kappa shape index (κ3) is 6.44. The van der Waals surface area contributed by atoms with E-state index >= 15 is 0 Å². The average Bonchev–Trinajstić information content (AvgIpc) is 3.92. The lowest BCUT2D eigenvalue weighted by Gasteiger charge is -2.43. The lowest BCUT2D eigenvalue weighted by atomic mass is 9.76. The fourth-order valence-electron chi connectivity index (χ4n) is 12.6. The smallest absolute Gasteiger partial charge is 0.131 e. The Kier molecular flexibility index (Phi) is 9.26. The van der Waals surface area contributed by atoms with Crippen LogP contribution in [0, 0.1) is 11.8 Å². The Morgan fingerprint density at radius 1 is 0.588 bits per heavy atom. The van der Waals surface area contributed by atoms with Crippen molar-refractivity contribution in [3.63, 3.8) is 0 Å². The molecule has 7 unspecified atom stereocenters. The van der Waals surface area contributed by atoms with E-state index in [1.807, 2.05) is 0 Å². The molecule has 2 N–H and O–H groups in total. The van der Waals surface area contributed by atoms with Crippen LogP contribution in [0.4, 0.5) is 5.69 Å². The summed E-state index contributed by atoms with van der Waals surface area (Å²) < 4.78 is 2.65. The molecule has 68 heavy (non-hydrogen) atoms. The van der Waals surface area contributed by atoms with Gasteiger partial charge in [-0.3, -0.25) is 5.32 Å². The molecule has 7 atom stereocenters. The summed E-state index contributed by atoms with van der Waals surface area (Å²) in [4.78, 5) is 8.13. The van der Waals surface area contributed by atoms with Crippen molar-refractivity contribution in [1.29, 1.82) is 0 Å². The van der Waals surface area contributed by atoms with Crippen LogP contribution in [-0.4, -0.2) is 22.6 Å². The minimum Gasteiger partial charge on any atom is -0.354 e. The summed E-state index contributed by atoms with van der Waals surface area (Å²) in [5, 5.41) is 15.8. The standard InChI is InChI=1S/C63H51N5/c1-3-15-40(16-4-1)43-22-13-24-47(35-43)62-64-61(42-18-5-2-6-19-42)65-63(66-62)48-29-32-50-46(36-48)23-14-28-55(50)68-58-38-45-21-8-7-20-44(45)37-54(58)52-33-31-49(39-59(52)68)67-56-27-12-11-26-53(56)60-51-25-10-9-17-41(51)30-34-57(60)67/h1-28,30-31,33-38,48-50,52,59,61,63,65H,29,32,39H2,(H,64,66). The van der Waals surface area contributed by atoms with E-state index in [-0.39, 0.29) is 30.3 Å². The highest BCUT2D eigenvalue weighted by atomic mass is 15.3. The summed E-state index contributed by atoms with van der Waals surface area (Å²) in [5.74, 6) is 1.78. The van der Waals surface area contributed by atoms with Crippen molar-refractivity contribution in [2.24, 2.45) is 16.8 Å². The van der Waals surface area contributed by atoms with E-state index in [1.54, 1.807) is 0 Å². The number of anilines is 1. The molecule has 0 bridgehead atoms. The summed E-state index contributed by atoms with van der Waals surface area (Å²) in [5.41, 5.74) is 12.9. The van der Waals surface area contributed by atoms with Gasteiger partial charge in [-0.2, -0.15) is 0 Å². The van der Waals surface area contributed by atoms with Crippen LogP contribution in [0.2, 0.25) is 0 Å². The Labute approximate surface area is 397 Å². The van der Waals surface area contributed by atoms with E-state index in [2.05, 4.69) is 239 Å². The van der Waals surface area contributed by atoms with Gasteiger partial charge in [-0.15, -0.1) is 0 Å². The predicted octanol–water partition coefficient (Wildman–Crippen LogP) is 14.3. The first-order valence-corrected chi connectivity index (χ1v) is 24.5. The highest BCUT2D eigenvalue weighted by Gasteiger charge is 2.45. The first-order chi connectivity index (χ1) is 33.7. The van der Waals surface area contributed by atoms with E-state index in [4.69, 9.17) is 4.99 Å². The van der Waals surface area contributed by atoms with Gasteiger partial charge in [-0.25, -0.2) is 4.99 Å². The Hall–Kier alpha value is -7.73. The van der Waals surface area contributed by atoms with E-state index < -0.39 is 0 Å². The molecule has 0 saturated carbocycles. The molecule has 2 aliphatic heterocycles. The zero-order chi connectivity index (χ0) is 44.7. The number of benzene rings is 8. The van der Waals surface area contributed by atoms with Gasteiger partial charge in [0.25, 0.3) is 0 Å². The fourth-order valence-corrected chi connectivity index (χ4v) is 12.6. The number of aliphatic imine (C=N–C) groups is 1. The largest absolute Gasteiger partial charge is 0.354 e. The molecule has 3 aliphatic carbocycles. The van der Waals surface area contributed by atoms with Gasteiger partial charge in [0.1, 0.15) is 12.0 Å². The molecule has 14 rings (SSSR count). The number of nitrogens with one attached hydrogen (secondary N) is 2. The summed E-state index contributed by atoms with van der Waals surface area (Å²) >= 11 is 0. The first kappa shape index (κ1) is 39.4. The molecule has 0 fully saturated rings. The normalized spacial score (nSPS) is 24.0. The highest BCUT2D eigenvalue weighted by molar-refractivity contribution is 6.20. The van der Waals surface area contributed by atoms with Crippen molar-refractivity contribution < 1.29 is 0 Å². The van der Waals surface area contributed by atoms with Gasteiger partial charge in [0.15, 0.2) is 0 Å². The molecule has 1 aromatic heterocycles. The Morgan fingerprint density at radius 3 is 2.19 bits per heavy atom. The molecule has 5 aliphatic rings. The second-order valence-electron chi connectivity index (χ2n) is 19.4. The predicted molar refractivity (Wildman–Crippen MR) is 282 cm³/mol. The van der Waals surface area contributed by atoms with E-state index in [0.29, 0.717) is 11.8 Å². The summed E-state index contributed by atoms with van der Waals surface area (Å²) in [6.07, 6.45) is 17.8. The van der Waals surface area contributed by atoms with Crippen LogP contribution >= 0.6 is 0 Å². The fraction of sp³-hybridized carbons (Fsp3) is 0.159. The van der Waals surface area contributed by atoms with Gasteiger partial charge in [0.05, 0.1) is 17.7 Å². The van der Waals surface area contributed by atoms with Crippen LogP contribution in [0.15, 0.2) is 235 Å². The minimum atomic E-state index is -0.167. The van der Waals surface area contributed by atoms with E-state index in [0.717, 1.165) is 30.7 Å². The number of para-hydroxylation sites is 1. The van der Waals surface area contributed by atoms with Crippen molar-refractivity contribution in [2.75, 3.05) is 4.90 Å². The third-order valence-corrected chi connectivity index (χ3v) is 15.7. The third-order valence-electron chi connectivity index (χ3n) is 15.7. The van der Waals surface area contributed by atoms with Crippen LogP contribution in [0.25, 0.3) is 54.5 Å². The molecule has 8 aromatic carbocycles. The first-order valence-electron chi connectivity index (χ1n) is 24.5. The molecular formula is C63H51N5. The number of amidine groups is 1. The molecule has 0 saturated heterocycles. The number of hydrogen-bond donors (Lipinski definition) is 2. The maximum Gasteiger partial charge on any atom is 0.131 e. The monoisotopic (exact) mass is 877 g/mol. The number of allylic oxidation sites excluding steroid dienone is 5. The van der Waals surface area contributed by atoms with Gasteiger partial charge in [0, 0.05) is 57.0 Å². The molecule has 328 valence electrons. The average molecular weight is 878 g/mol. The molecule has 3 heterocycles. The molecule has 5 heteroatoms. The van der Waals surface area contributed by atoms with Gasteiger partial charge >= 0.3 is 0 Å². The molecule has 0 amide bonds. The van der Waals surface area contributed by atoms with E-state index in [1.165, 1.54) is 82.6 Å². The van der Waals surface area contributed by atoms with Crippen molar-refractivity contribution in [3.8, 4) is 11.1 Å². The van der Waals surface area contributed by atoms with Crippen LogP contribution in [0.3, 0.4) is 0 Å². The summed E-state index contributed by atoms with van der Waals surface area (Å²) in [6.45, 7) is 0. The van der Waals surface area contributed by atoms with Crippen LogP contribution in [0.1, 0.15) is 54.1 Å².